The lowest BCUT2D eigenvalue weighted by molar-refractivity contribution is 0.349. The Labute approximate surface area is 119 Å². The first-order chi connectivity index (χ1) is 8.62. The Bertz CT molecular complexity index is 589. The smallest absolute Gasteiger partial charge is 0.261 e. The molecule has 0 aliphatic rings. The monoisotopic (exact) mass is 302 g/mol. The molecule has 0 radical (unpaired) electrons. The third-order valence-electron chi connectivity index (χ3n) is 2.67. The SMILES string of the molecule is C=C(C)COc1cc(C(C)C)c(S(=O)(=O)Cl)cc1C. The molecule has 19 heavy (non-hydrogen) atoms. The van der Waals surface area contributed by atoms with Crippen LogP contribution in [0.1, 0.15) is 37.8 Å². The molecule has 0 aliphatic carbocycles. The molecule has 0 saturated carbocycles. The first-order valence-corrected chi connectivity index (χ1v) is 8.30. The molecule has 0 unspecified atom stereocenters. The Kier molecular flexibility index (Phi) is 5.04. The van der Waals surface area contributed by atoms with Gasteiger partial charge < -0.3 is 4.74 Å². The molecule has 1 rings (SSSR count). The Hall–Kier alpha value is -1.00. The van der Waals surface area contributed by atoms with E-state index in [-0.39, 0.29) is 10.8 Å². The molecule has 0 atom stereocenters. The summed E-state index contributed by atoms with van der Waals surface area (Å²) in [5.41, 5.74) is 2.31. The van der Waals surface area contributed by atoms with E-state index < -0.39 is 9.05 Å². The number of hydrogen-bond acceptors (Lipinski definition) is 3. The van der Waals surface area contributed by atoms with E-state index in [9.17, 15) is 8.42 Å². The number of ether oxygens (including phenoxy) is 1. The van der Waals surface area contributed by atoms with Gasteiger partial charge in [-0.25, -0.2) is 8.42 Å². The summed E-state index contributed by atoms with van der Waals surface area (Å²) in [6, 6.07) is 3.31. The summed E-state index contributed by atoms with van der Waals surface area (Å²) in [7, 11) is 1.73. The molecule has 0 fully saturated rings. The summed E-state index contributed by atoms with van der Waals surface area (Å²) >= 11 is 0. The molecule has 1 aromatic rings. The maximum Gasteiger partial charge on any atom is 0.261 e. The Morgan fingerprint density at radius 1 is 1.42 bits per heavy atom. The van der Waals surface area contributed by atoms with Crippen LogP contribution in [0, 0.1) is 6.92 Å². The summed E-state index contributed by atoms with van der Waals surface area (Å²) in [6.07, 6.45) is 0. The molecule has 0 aromatic heterocycles. The van der Waals surface area contributed by atoms with Crippen molar-refractivity contribution in [1.82, 2.24) is 0 Å². The molecule has 0 aliphatic heterocycles. The largest absolute Gasteiger partial charge is 0.489 e. The number of benzene rings is 1. The van der Waals surface area contributed by atoms with Gasteiger partial charge in [-0.15, -0.1) is 0 Å². The lowest BCUT2D eigenvalue weighted by atomic mass is 10.0. The molecule has 5 heteroatoms. The third-order valence-corrected chi connectivity index (χ3v) is 4.04. The first kappa shape index (κ1) is 16.1. The lowest BCUT2D eigenvalue weighted by Gasteiger charge is -2.16. The van der Waals surface area contributed by atoms with Crippen molar-refractivity contribution < 1.29 is 13.2 Å². The highest BCUT2D eigenvalue weighted by Gasteiger charge is 2.20. The van der Waals surface area contributed by atoms with Gasteiger partial charge in [0.2, 0.25) is 0 Å². The van der Waals surface area contributed by atoms with Gasteiger partial charge in [0.1, 0.15) is 12.4 Å². The van der Waals surface area contributed by atoms with Crippen LogP contribution >= 0.6 is 10.7 Å². The third kappa shape index (κ3) is 4.25. The quantitative estimate of drug-likeness (QED) is 0.610. The fourth-order valence-electron chi connectivity index (χ4n) is 1.70. The van der Waals surface area contributed by atoms with Gasteiger partial charge in [0, 0.05) is 10.7 Å². The van der Waals surface area contributed by atoms with E-state index in [2.05, 4.69) is 6.58 Å². The predicted octanol–water partition coefficient (Wildman–Crippen LogP) is 4.00. The van der Waals surface area contributed by atoms with Gasteiger partial charge in [0.25, 0.3) is 9.05 Å². The van der Waals surface area contributed by atoms with Crippen LogP contribution in [0.15, 0.2) is 29.2 Å². The maximum absolute atomic E-state index is 11.6. The number of aryl methyl sites for hydroxylation is 1. The maximum atomic E-state index is 11.6. The van der Waals surface area contributed by atoms with E-state index in [1.54, 1.807) is 19.1 Å². The van der Waals surface area contributed by atoms with Crippen LogP contribution in [-0.4, -0.2) is 15.0 Å². The van der Waals surface area contributed by atoms with E-state index in [4.69, 9.17) is 15.4 Å². The number of halogens is 1. The molecular weight excluding hydrogens is 284 g/mol. The van der Waals surface area contributed by atoms with Gasteiger partial charge in [0.05, 0.1) is 4.90 Å². The van der Waals surface area contributed by atoms with Crippen LogP contribution in [0.3, 0.4) is 0 Å². The van der Waals surface area contributed by atoms with Gasteiger partial charge in [0.15, 0.2) is 0 Å². The summed E-state index contributed by atoms with van der Waals surface area (Å²) in [4.78, 5) is 0.157. The van der Waals surface area contributed by atoms with Crippen LogP contribution < -0.4 is 4.74 Å². The second kappa shape index (κ2) is 5.97. The van der Waals surface area contributed by atoms with Crippen molar-refractivity contribution in [3.8, 4) is 5.75 Å². The molecule has 0 spiro atoms. The fourth-order valence-corrected chi connectivity index (χ4v) is 2.99. The normalized spacial score (nSPS) is 11.7. The summed E-state index contributed by atoms with van der Waals surface area (Å²) in [5, 5.41) is 0. The average molecular weight is 303 g/mol. The Morgan fingerprint density at radius 3 is 2.42 bits per heavy atom. The van der Waals surface area contributed by atoms with E-state index in [1.165, 1.54) is 0 Å². The van der Waals surface area contributed by atoms with E-state index >= 15 is 0 Å². The van der Waals surface area contributed by atoms with Gasteiger partial charge in [-0.05, 0) is 48.6 Å². The Balaban J connectivity index is 3.33. The Morgan fingerprint density at radius 2 is 2.00 bits per heavy atom. The summed E-state index contributed by atoms with van der Waals surface area (Å²) < 4.78 is 28.8. The van der Waals surface area contributed by atoms with E-state index in [0.29, 0.717) is 17.9 Å². The van der Waals surface area contributed by atoms with Crippen LogP contribution in [0.25, 0.3) is 0 Å². The molecule has 106 valence electrons. The number of rotatable bonds is 5. The van der Waals surface area contributed by atoms with Crippen molar-refractivity contribution >= 4 is 19.7 Å². The minimum atomic E-state index is -3.75. The summed E-state index contributed by atoms with van der Waals surface area (Å²) in [6.45, 7) is 11.7. The van der Waals surface area contributed by atoms with E-state index in [1.807, 2.05) is 20.8 Å². The zero-order chi connectivity index (χ0) is 14.8. The van der Waals surface area contributed by atoms with Crippen LogP contribution in [-0.2, 0) is 9.05 Å². The zero-order valence-corrected chi connectivity index (χ0v) is 13.2. The molecule has 0 amide bonds. The second-order valence-electron chi connectivity index (χ2n) is 4.99. The minimum Gasteiger partial charge on any atom is -0.489 e. The predicted molar refractivity (Wildman–Crippen MR) is 78.6 cm³/mol. The van der Waals surface area contributed by atoms with Crippen molar-refractivity contribution in [2.24, 2.45) is 0 Å². The second-order valence-corrected chi connectivity index (χ2v) is 7.53. The van der Waals surface area contributed by atoms with Crippen molar-refractivity contribution in [2.45, 2.75) is 38.5 Å². The van der Waals surface area contributed by atoms with Gasteiger partial charge in [-0.1, -0.05) is 20.4 Å². The van der Waals surface area contributed by atoms with Crippen molar-refractivity contribution in [1.29, 1.82) is 0 Å². The molecule has 0 N–H and O–H groups in total. The zero-order valence-electron chi connectivity index (χ0n) is 11.7. The first-order valence-electron chi connectivity index (χ1n) is 5.99. The van der Waals surface area contributed by atoms with Crippen molar-refractivity contribution in [3.63, 3.8) is 0 Å². The highest BCUT2D eigenvalue weighted by molar-refractivity contribution is 8.13. The van der Waals surface area contributed by atoms with Gasteiger partial charge >= 0.3 is 0 Å². The van der Waals surface area contributed by atoms with Gasteiger partial charge in [-0.3, -0.25) is 0 Å². The fraction of sp³-hybridized carbons (Fsp3) is 0.429. The van der Waals surface area contributed by atoms with Crippen LogP contribution in [0.4, 0.5) is 0 Å². The summed E-state index contributed by atoms with van der Waals surface area (Å²) in [5.74, 6) is 0.701. The van der Waals surface area contributed by atoms with E-state index in [0.717, 1.165) is 11.1 Å². The van der Waals surface area contributed by atoms with Crippen LogP contribution in [0.5, 0.6) is 5.75 Å². The lowest BCUT2D eigenvalue weighted by Crippen LogP contribution is -2.05. The van der Waals surface area contributed by atoms with Crippen molar-refractivity contribution in [2.75, 3.05) is 6.61 Å². The highest BCUT2D eigenvalue weighted by atomic mass is 35.7. The van der Waals surface area contributed by atoms with Crippen LogP contribution in [0.2, 0.25) is 0 Å². The molecule has 0 saturated heterocycles. The van der Waals surface area contributed by atoms with Gasteiger partial charge in [-0.2, -0.15) is 0 Å². The molecular formula is C14H19ClO3S. The van der Waals surface area contributed by atoms with Crippen molar-refractivity contribution in [3.05, 3.63) is 35.4 Å². The molecule has 3 nitrogen and oxygen atoms in total. The molecule has 1 aromatic carbocycles. The minimum absolute atomic E-state index is 0.0382. The highest BCUT2D eigenvalue weighted by Crippen LogP contribution is 2.32. The molecule has 0 heterocycles. The standard InChI is InChI=1S/C14H19ClO3S/c1-9(2)8-18-13-7-12(10(3)4)14(6-11(13)5)19(15,16)17/h6-7,10H,1,8H2,2-5H3. The average Bonchev–Trinajstić information content (AvgIpc) is 2.25. The topological polar surface area (TPSA) is 43.4 Å². The molecule has 0 bridgehead atoms. The number of hydrogen-bond donors (Lipinski definition) is 0.